The smallest absolute Gasteiger partial charge is 0.339 e. The normalized spacial score (nSPS) is 11.2. The molecule has 0 aliphatic carbocycles. The fourth-order valence-corrected chi connectivity index (χ4v) is 2.41. The van der Waals surface area contributed by atoms with E-state index < -0.39 is 10.1 Å². The largest absolute Gasteiger partial charge is 0.377 e. The van der Waals surface area contributed by atoms with Crippen LogP contribution in [0.5, 0.6) is 5.75 Å². The van der Waals surface area contributed by atoms with Crippen LogP contribution in [0.25, 0.3) is 0 Å². The zero-order chi connectivity index (χ0) is 13.2. The van der Waals surface area contributed by atoms with Gasteiger partial charge in [-0.25, -0.2) is 0 Å². The molecule has 0 saturated carbocycles. The molecule has 1 aromatic heterocycles. The van der Waals surface area contributed by atoms with Gasteiger partial charge in [0.15, 0.2) is 5.75 Å². The van der Waals surface area contributed by atoms with Crippen LogP contribution in [0.3, 0.4) is 0 Å². The molecule has 0 radical (unpaired) electrons. The van der Waals surface area contributed by atoms with E-state index in [1.807, 2.05) is 6.92 Å². The molecule has 5 heteroatoms. The molecule has 4 nitrogen and oxygen atoms in total. The summed E-state index contributed by atoms with van der Waals surface area (Å²) in [4.78, 5) is 4.12. The van der Waals surface area contributed by atoms with Crippen LogP contribution >= 0.6 is 0 Å². The van der Waals surface area contributed by atoms with Gasteiger partial charge < -0.3 is 4.18 Å². The van der Waals surface area contributed by atoms with Gasteiger partial charge in [0.25, 0.3) is 0 Å². The van der Waals surface area contributed by atoms with Crippen LogP contribution in [0.1, 0.15) is 11.3 Å². The first-order valence-corrected chi connectivity index (χ1v) is 6.83. The van der Waals surface area contributed by atoms with Crippen molar-refractivity contribution < 1.29 is 12.6 Å². The van der Waals surface area contributed by atoms with E-state index in [0.717, 1.165) is 5.56 Å². The first kappa shape index (κ1) is 12.6. The van der Waals surface area contributed by atoms with Gasteiger partial charge in [-0.3, -0.25) is 4.98 Å². The lowest BCUT2D eigenvalue weighted by Gasteiger charge is -2.08. The molecule has 1 aromatic carbocycles. The van der Waals surface area contributed by atoms with Gasteiger partial charge in [0, 0.05) is 6.20 Å². The molecular formula is C13H13NO3S. The van der Waals surface area contributed by atoms with E-state index in [-0.39, 0.29) is 10.6 Å². The SMILES string of the molecule is Cc1ccc(S(=O)(=O)Oc2cccnc2C)cc1. The minimum atomic E-state index is -3.79. The molecular weight excluding hydrogens is 250 g/mol. The van der Waals surface area contributed by atoms with Crippen LogP contribution in [-0.4, -0.2) is 13.4 Å². The molecule has 0 bridgehead atoms. The number of hydrogen-bond acceptors (Lipinski definition) is 4. The summed E-state index contributed by atoms with van der Waals surface area (Å²) in [5, 5.41) is 0. The molecule has 0 saturated heterocycles. The third kappa shape index (κ3) is 2.68. The van der Waals surface area contributed by atoms with Crippen molar-refractivity contribution in [2.24, 2.45) is 0 Å². The molecule has 2 rings (SSSR count). The third-order valence-corrected chi connectivity index (χ3v) is 3.72. The second kappa shape index (κ2) is 4.78. The molecule has 0 amide bonds. The van der Waals surface area contributed by atoms with Gasteiger partial charge in [-0.15, -0.1) is 0 Å². The Morgan fingerprint density at radius 1 is 1.06 bits per heavy atom. The first-order valence-electron chi connectivity index (χ1n) is 5.42. The second-order valence-electron chi connectivity index (χ2n) is 3.94. The Balaban J connectivity index is 2.33. The number of hydrogen-bond donors (Lipinski definition) is 0. The molecule has 0 aliphatic rings. The maximum Gasteiger partial charge on any atom is 0.339 e. The van der Waals surface area contributed by atoms with Crippen LogP contribution in [-0.2, 0) is 10.1 Å². The molecule has 18 heavy (non-hydrogen) atoms. The Kier molecular flexibility index (Phi) is 3.34. The van der Waals surface area contributed by atoms with E-state index in [1.165, 1.54) is 12.1 Å². The number of benzene rings is 1. The Morgan fingerprint density at radius 3 is 2.33 bits per heavy atom. The lowest BCUT2D eigenvalue weighted by atomic mass is 10.2. The first-order chi connectivity index (χ1) is 8.49. The van der Waals surface area contributed by atoms with Crippen LogP contribution in [0, 0.1) is 13.8 Å². The zero-order valence-corrected chi connectivity index (χ0v) is 10.9. The Labute approximate surface area is 106 Å². The van der Waals surface area contributed by atoms with Crippen molar-refractivity contribution in [3.05, 3.63) is 53.9 Å². The standard InChI is InChI=1S/C13H13NO3S/c1-10-5-7-12(8-6-10)18(15,16)17-13-4-3-9-14-11(13)2/h3-9H,1-2H3. The summed E-state index contributed by atoms with van der Waals surface area (Å²) in [5.74, 6) is 0.248. The lowest BCUT2D eigenvalue weighted by molar-refractivity contribution is 0.482. The summed E-state index contributed by atoms with van der Waals surface area (Å²) < 4.78 is 29.1. The minimum Gasteiger partial charge on any atom is -0.377 e. The number of rotatable bonds is 3. The monoisotopic (exact) mass is 263 g/mol. The maximum atomic E-state index is 12.0. The Bertz CT molecular complexity index is 648. The predicted molar refractivity (Wildman–Crippen MR) is 68.0 cm³/mol. The van der Waals surface area contributed by atoms with Gasteiger partial charge >= 0.3 is 10.1 Å². The van der Waals surface area contributed by atoms with E-state index >= 15 is 0 Å². The number of pyridine rings is 1. The predicted octanol–water partition coefficient (Wildman–Crippen LogP) is 2.47. The van der Waals surface area contributed by atoms with Crippen molar-refractivity contribution in [2.75, 3.05) is 0 Å². The molecule has 0 spiro atoms. The van der Waals surface area contributed by atoms with Crippen LogP contribution in [0.15, 0.2) is 47.5 Å². The maximum absolute atomic E-state index is 12.0. The summed E-state index contributed by atoms with van der Waals surface area (Å²) in [5.41, 5.74) is 1.53. The van der Waals surface area contributed by atoms with Crippen molar-refractivity contribution in [1.29, 1.82) is 0 Å². The van der Waals surface area contributed by atoms with E-state index in [2.05, 4.69) is 4.98 Å². The molecule has 0 aliphatic heterocycles. The van der Waals surface area contributed by atoms with Crippen molar-refractivity contribution in [3.63, 3.8) is 0 Å². The zero-order valence-electron chi connectivity index (χ0n) is 10.1. The lowest BCUT2D eigenvalue weighted by Crippen LogP contribution is -2.10. The van der Waals surface area contributed by atoms with Crippen molar-refractivity contribution >= 4 is 10.1 Å². The van der Waals surface area contributed by atoms with E-state index in [1.54, 1.807) is 37.4 Å². The fourth-order valence-electron chi connectivity index (χ4n) is 1.43. The molecule has 0 N–H and O–H groups in total. The molecule has 0 fully saturated rings. The van der Waals surface area contributed by atoms with Crippen LogP contribution < -0.4 is 4.18 Å². The van der Waals surface area contributed by atoms with Gasteiger partial charge in [0.1, 0.15) is 4.90 Å². The minimum absolute atomic E-state index is 0.136. The highest BCUT2D eigenvalue weighted by molar-refractivity contribution is 7.87. The summed E-state index contributed by atoms with van der Waals surface area (Å²) in [6.45, 7) is 3.59. The number of aryl methyl sites for hydroxylation is 2. The topological polar surface area (TPSA) is 56.3 Å². The second-order valence-corrected chi connectivity index (χ2v) is 5.48. The average Bonchev–Trinajstić information content (AvgIpc) is 2.32. The summed E-state index contributed by atoms with van der Waals surface area (Å²) in [6, 6.07) is 9.71. The number of nitrogens with zero attached hydrogens (tertiary/aromatic N) is 1. The number of aromatic nitrogens is 1. The highest BCUT2D eigenvalue weighted by atomic mass is 32.2. The quantitative estimate of drug-likeness (QED) is 0.798. The highest BCUT2D eigenvalue weighted by Crippen LogP contribution is 2.20. The fraction of sp³-hybridized carbons (Fsp3) is 0.154. The van der Waals surface area contributed by atoms with Crippen LogP contribution in [0.2, 0.25) is 0 Å². The molecule has 1 heterocycles. The summed E-state index contributed by atoms with van der Waals surface area (Å²) in [6.07, 6.45) is 1.58. The van der Waals surface area contributed by atoms with Gasteiger partial charge in [-0.2, -0.15) is 8.42 Å². The van der Waals surface area contributed by atoms with Gasteiger partial charge in [-0.1, -0.05) is 17.7 Å². The van der Waals surface area contributed by atoms with Crippen LogP contribution in [0.4, 0.5) is 0 Å². The third-order valence-electron chi connectivity index (χ3n) is 2.47. The molecule has 2 aromatic rings. The highest BCUT2D eigenvalue weighted by Gasteiger charge is 2.17. The molecule has 0 atom stereocenters. The summed E-state index contributed by atoms with van der Waals surface area (Å²) >= 11 is 0. The van der Waals surface area contributed by atoms with Crippen molar-refractivity contribution in [2.45, 2.75) is 18.7 Å². The Hall–Kier alpha value is -1.88. The van der Waals surface area contributed by atoms with Gasteiger partial charge in [-0.05, 0) is 38.1 Å². The van der Waals surface area contributed by atoms with Crippen molar-refractivity contribution in [3.8, 4) is 5.75 Å². The Morgan fingerprint density at radius 2 is 1.72 bits per heavy atom. The average molecular weight is 263 g/mol. The molecule has 94 valence electrons. The van der Waals surface area contributed by atoms with Gasteiger partial charge in [0.2, 0.25) is 0 Å². The summed E-state index contributed by atoms with van der Waals surface area (Å²) in [7, 11) is -3.79. The van der Waals surface area contributed by atoms with Crippen molar-refractivity contribution in [1.82, 2.24) is 4.98 Å². The molecule has 0 unspecified atom stereocenters. The van der Waals surface area contributed by atoms with E-state index in [0.29, 0.717) is 5.69 Å². The van der Waals surface area contributed by atoms with Gasteiger partial charge in [0.05, 0.1) is 5.69 Å². The van der Waals surface area contributed by atoms with E-state index in [9.17, 15) is 8.42 Å². The van der Waals surface area contributed by atoms with E-state index in [4.69, 9.17) is 4.18 Å².